The first-order valence-corrected chi connectivity index (χ1v) is 6.80. The van der Waals surface area contributed by atoms with E-state index in [0.29, 0.717) is 18.9 Å². The Morgan fingerprint density at radius 1 is 1.67 bits per heavy atom. The number of ether oxygens (including phenoxy) is 1. The van der Waals surface area contributed by atoms with E-state index in [0.717, 1.165) is 5.75 Å². The van der Waals surface area contributed by atoms with Gasteiger partial charge in [-0.2, -0.15) is 16.9 Å². The summed E-state index contributed by atoms with van der Waals surface area (Å²) in [5.41, 5.74) is 0. The van der Waals surface area contributed by atoms with Crippen LogP contribution in [-0.2, 0) is 9.53 Å². The molecule has 0 radical (unpaired) electrons. The Balaban J connectivity index is 2.12. The van der Waals surface area contributed by atoms with Crippen molar-refractivity contribution in [2.75, 3.05) is 24.7 Å². The maximum absolute atomic E-state index is 12.2. The normalized spacial score (nSPS) is 19.6. The maximum Gasteiger partial charge on any atom is 0.329 e. The summed E-state index contributed by atoms with van der Waals surface area (Å²) >= 11 is 1.63. The van der Waals surface area contributed by atoms with Gasteiger partial charge in [-0.05, 0) is 6.92 Å². The van der Waals surface area contributed by atoms with Crippen LogP contribution in [0.2, 0.25) is 0 Å². The van der Waals surface area contributed by atoms with E-state index in [2.05, 4.69) is 15.2 Å². The van der Waals surface area contributed by atoms with E-state index in [1.165, 1.54) is 11.2 Å². The zero-order valence-electron chi connectivity index (χ0n) is 9.96. The molecule has 18 heavy (non-hydrogen) atoms. The number of nitrogens with zero attached hydrogens (tertiary/aromatic N) is 3. The number of esters is 1. The molecule has 1 saturated heterocycles. The molecule has 0 spiro atoms. The number of carbonyl (C=O) groups excluding carboxylic acids is 2. The highest BCUT2D eigenvalue weighted by Gasteiger charge is 2.34. The van der Waals surface area contributed by atoms with Crippen LogP contribution >= 0.6 is 11.8 Å². The monoisotopic (exact) mass is 270 g/mol. The van der Waals surface area contributed by atoms with Crippen LogP contribution in [0, 0.1) is 0 Å². The van der Waals surface area contributed by atoms with Gasteiger partial charge in [0.15, 0.2) is 0 Å². The van der Waals surface area contributed by atoms with Gasteiger partial charge in [-0.15, -0.1) is 0 Å². The number of rotatable bonds is 3. The van der Waals surface area contributed by atoms with E-state index in [4.69, 9.17) is 4.74 Å². The summed E-state index contributed by atoms with van der Waals surface area (Å²) in [5.74, 6) is 0.828. The number of hydrogen-bond donors (Lipinski definition) is 1. The molecule has 1 amide bonds. The summed E-state index contributed by atoms with van der Waals surface area (Å²) in [6, 6.07) is -0.540. The van der Waals surface area contributed by atoms with E-state index in [9.17, 15) is 9.59 Å². The lowest BCUT2D eigenvalue weighted by Crippen LogP contribution is -2.51. The zero-order chi connectivity index (χ0) is 13.0. The Kier molecular flexibility index (Phi) is 4.19. The third-order valence-electron chi connectivity index (χ3n) is 2.57. The first-order chi connectivity index (χ1) is 8.74. The molecule has 8 heteroatoms. The summed E-state index contributed by atoms with van der Waals surface area (Å²) in [7, 11) is 0. The van der Waals surface area contributed by atoms with Crippen molar-refractivity contribution in [1.29, 1.82) is 0 Å². The van der Waals surface area contributed by atoms with Gasteiger partial charge in [-0.1, -0.05) is 0 Å². The first-order valence-electron chi connectivity index (χ1n) is 5.64. The molecule has 1 atom stereocenters. The van der Waals surface area contributed by atoms with Crippen LogP contribution in [0.5, 0.6) is 0 Å². The summed E-state index contributed by atoms with van der Waals surface area (Å²) in [6.07, 6.45) is 1.27. The van der Waals surface area contributed by atoms with Gasteiger partial charge < -0.3 is 9.64 Å². The average Bonchev–Trinajstić information content (AvgIpc) is 2.92. The number of aromatic amines is 1. The van der Waals surface area contributed by atoms with Crippen molar-refractivity contribution in [3.05, 3.63) is 12.2 Å². The van der Waals surface area contributed by atoms with Crippen molar-refractivity contribution >= 4 is 23.6 Å². The zero-order valence-corrected chi connectivity index (χ0v) is 10.8. The smallest absolute Gasteiger partial charge is 0.329 e. The highest BCUT2D eigenvalue weighted by Crippen LogP contribution is 2.19. The van der Waals surface area contributed by atoms with Crippen LogP contribution in [0.1, 0.15) is 17.5 Å². The Morgan fingerprint density at radius 3 is 3.17 bits per heavy atom. The molecule has 1 aromatic heterocycles. The molecule has 0 saturated carbocycles. The number of hydrogen-bond acceptors (Lipinski definition) is 6. The number of thioether (sulfide) groups is 1. The minimum absolute atomic E-state index is 0.149. The van der Waals surface area contributed by atoms with Crippen molar-refractivity contribution in [2.45, 2.75) is 13.0 Å². The molecule has 1 aromatic rings. The van der Waals surface area contributed by atoms with E-state index >= 15 is 0 Å². The van der Waals surface area contributed by atoms with Gasteiger partial charge in [0.1, 0.15) is 12.4 Å². The molecule has 0 bridgehead atoms. The summed E-state index contributed by atoms with van der Waals surface area (Å²) in [6.45, 7) is 2.56. The molecule has 1 unspecified atom stereocenters. The molecule has 0 aromatic carbocycles. The van der Waals surface area contributed by atoms with Gasteiger partial charge in [0.25, 0.3) is 5.91 Å². The lowest BCUT2D eigenvalue weighted by molar-refractivity contribution is -0.147. The maximum atomic E-state index is 12.2. The van der Waals surface area contributed by atoms with Crippen molar-refractivity contribution in [3.63, 3.8) is 0 Å². The quantitative estimate of drug-likeness (QED) is 0.773. The first kappa shape index (κ1) is 12.9. The van der Waals surface area contributed by atoms with Gasteiger partial charge in [0.05, 0.1) is 6.61 Å². The van der Waals surface area contributed by atoms with Crippen molar-refractivity contribution < 1.29 is 14.3 Å². The van der Waals surface area contributed by atoms with E-state index in [1.807, 2.05) is 0 Å². The van der Waals surface area contributed by atoms with Crippen LogP contribution in [0.3, 0.4) is 0 Å². The number of carbonyl (C=O) groups is 2. The Labute approximate surface area is 108 Å². The second-order valence-corrected chi connectivity index (χ2v) is 4.83. The molecule has 1 fully saturated rings. The standard InChI is InChI=1S/C10H14N4O3S/c1-2-17-10(16)7-5-18-4-3-14(7)9(15)8-11-6-12-13-8/h6-7H,2-5H2,1H3,(H,11,12,13). The fourth-order valence-corrected chi connectivity index (χ4v) is 2.76. The fraction of sp³-hybridized carbons (Fsp3) is 0.600. The van der Waals surface area contributed by atoms with Gasteiger partial charge in [-0.25, -0.2) is 9.78 Å². The molecule has 2 heterocycles. The molecular formula is C10H14N4O3S. The van der Waals surface area contributed by atoms with Crippen LogP contribution in [0.15, 0.2) is 6.33 Å². The highest BCUT2D eigenvalue weighted by molar-refractivity contribution is 7.99. The second kappa shape index (κ2) is 5.85. The van der Waals surface area contributed by atoms with Gasteiger partial charge in [-0.3, -0.25) is 9.89 Å². The fourth-order valence-electron chi connectivity index (χ4n) is 1.73. The van der Waals surface area contributed by atoms with E-state index in [-0.39, 0.29) is 17.7 Å². The second-order valence-electron chi connectivity index (χ2n) is 3.68. The molecule has 1 N–H and O–H groups in total. The summed E-state index contributed by atoms with van der Waals surface area (Å²) in [5, 5.41) is 6.15. The third kappa shape index (κ3) is 2.63. The van der Waals surface area contributed by atoms with Crippen molar-refractivity contribution in [2.24, 2.45) is 0 Å². The number of amides is 1. The highest BCUT2D eigenvalue weighted by atomic mass is 32.2. The molecule has 1 aliphatic rings. The average molecular weight is 270 g/mol. The van der Waals surface area contributed by atoms with Crippen LogP contribution < -0.4 is 0 Å². The number of aromatic nitrogens is 3. The van der Waals surface area contributed by atoms with Gasteiger partial charge in [0.2, 0.25) is 5.82 Å². The van der Waals surface area contributed by atoms with Crippen LogP contribution in [0.4, 0.5) is 0 Å². The van der Waals surface area contributed by atoms with Gasteiger partial charge >= 0.3 is 5.97 Å². The Morgan fingerprint density at radius 2 is 2.50 bits per heavy atom. The Bertz CT molecular complexity index is 423. The topological polar surface area (TPSA) is 88.2 Å². The molecule has 7 nitrogen and oxygen atoms in total. The molecular weight excluding hydrogens is 256 g/mol. The predicted octanol–water partition coefficient (Wildman–Crippen LogP) is -0.0746. The molecule has 1 aliphatic heterocycles. The molecule has 0 aliphatic carbocycles. The summed E-state index contributed by atoms with van der Waals surface area (Å²) in [4.78, 5) is 29.3. The van der Waals surface area contributed by atoms with Gasteiger partial charge in [0, 0.05) is 18.1 Å². The molecule has 2 rings (SSSR count). The van der Waals surface area contributed by atoms with Crippen molar-refractivity contribution in [1.82, 2.24) is 20.1 Å². The van der Waals surface area contributed by atoms with Crippen LogP contribution in [0.25, 0.3) is 0 Å². The summed E-state index contributed by atoms with van der Waals surface area (Å²) < 4.78 is 4.99. The third-order valence-corrected chi connectivity index (χ3v) is 3.59. The Hall–Kier alpha value is -1.57. The minimum atomic E-state index is -0.540. The van der Waals surface area contributed by atoms with E-state index < -0.39 is 6.04 Å². The lowest BCUT2D eigenvalue weighted by Gasteiger charge is -2.32. The predicted molar refractivity (Wildman–Crippen MR) is 65.2 cm³/mol. The minimum Gasteiger partial charge on any atom is -0.464 e. The lowest BCUT2D eigenvalue weighted by atomic mass is 10.2. The van der Waals surface area contributed by atoms with Crippen LogP contribution in [-0.4, -0.2) is 62.7 Å². The molecule has 98 valence electrons. The van der Waals surface area contributed by atoms with E-state index in [1.54, 1.807) is 18.7 Å². The largest absolute Gasteiger partial charge is 0.464 e. The number of H-pyrrole nitrogens is 1. The number of nitrogens with one attached hydrogen (secondary N) is 1. The SMILES string of the molecule is CCOC(=O)C1CSCCN1C(=O)c1ncn[nH]1. The van der Waals surface area contributed by atoms with Crippen molar-refractivity contribution in [3.8, 4) is 0 Å².